The predicted molar refractivity (Wildman–Crippen MR) is 71.9 cm³/mol. The van der Waals surface area contributed by atoms with Crippen molar-refractivity contribution in [3.8, 4) is 5.75 Å². The van der Waals surface area contributed by atoms with Crippen molar-refractivity contribution in [1.29, 1.82) is 0 Å². The van der Waals surface area contributed by atoms with E-state index in [9.17, 15) is 0 Å². The number of hydrogen-bond donors (Lipinski definition) is 1. The van der Waals surface area contributed by atoms with Gasteiger partial charge in [0.25, 0.3) is 0 Å². The van der Waals surface area contributed by atoms with Crippen molar-refractivity contribution in [2.45, 2.75) is 19.4 Å². The van der Waals surface area contributed by atoms with Crippen molar-refractivity contribution in [3.05, 3.63) is 52.9 Å². The lowest BCUT2D eigenvalue weighted by Gasteiger charge is -2.05. The number of furan rings is 1. The number of nitrogens with two attached hydrogens (primary N) is 1. The Morgan fingerprint density at radius 2 is 1.89 bits per heavy atom. The average molecular weight is 266 g/mol. The Hall–Kier alpha value is -1.45. The molecule has 0 unspecified atom stereocenters. The third-order valence-electron chi connectivity index (χ3n) is 2.55. The first-order valence-electron chi connectivity index (χ1n) is 5.94. The highest BCUT2D eigenvalue weighted by Gasteiger charge is 2.04. The first-order chi connectivity index (χ1) is 8.79. The lowest BCUT2D eigenvalue weighted by Crippen LogP contribution is -1.99. The zero-order valence-electron chi connectivity index (χ0n) is 10.1. The summed E-state index contributed by atoms with van der Waals surface area (Å²) in [4.78, 5) is 0. The molecule has 0 saturated carbocycles. The van der Waals surface area contributed by atoms with Gasteiger partial charge < -0.3 is 14.9 Å². The molecule has 3 nitrogen and oxygen atoms in total. The zero-order chi connectivity index (χ0) is 12.8. The predicted octanol–water partition coefficient (Wildman–Crippen LogP) is 3.40. The summed E-state index contributed by atoms with van der Waals surface area (Å²) in [5.41, 5.74) is 5.45. The number of hydrogen-bond acceptors (Lipinski definition) is 3. The van der Waals surface area contributed by atoms with E-state index >= 15 is 0 Å². The molecule has 1 aromatic heterocycles. The molecule has 0 fully saturated rings. The van der Waals surface area contributed by atoms with Crippen molar-refractivity contribution in [2.24, 2.45) is 5.73 Å². The van der Waals surface area contributed by atoms with Gasteiger partial charge in [-0.2, -0.15) is 0 Å². The van der Waals surface area contributed by atoms with Gasteiger partial charge in [0.1, 0.15) is 23.9 Å². The quantitative estimate of drug-likeness (QED) is 0.871. The van der Waals surface area contributed by atoms with Crippen LogP contribution in [0.4, 0.5) is 0 Å². The fourth-order valence-corrected chi connectivity index (χ4v) is 1.81. The monoisotopic (exact) mass is 265 g/mol. The highest BCUT2D eigenvalue weighted by Crippen LogP contribution is 2.24. The van der Waals surface area contributed by atoms with E-state index in [0.29, 0.717) is 23.9 Å². The molecule has 0 amide bonds. The number of aryl methyl sites for hydroxylation is 1. The Morgan fingerprint density at radius 3 is 2.67 bits per heavy atom. The fourth-order valence-electron chi connectivity index (χ4n) is 1.62. The van der Waals surface area contributed by atoms with Crippen LogP contribution in [0.1, 0.15) is 17.9 Å². The summed E-state index contributed by atoms with van der Waals surface area (Å²) in [6.07, 6.45) is 1.79. The minimum atomic E-state index is 0.381. The average Bonchev–Trinajstić information content (AvgIpc) is 2.83. The van der Waals surface area contributed by atoms with Gasteiger partial charge in [0, 0.05) is 6.42 Å². The molecule has 1 aromatic carbocycles. The summed E-state index contributed by atoms with van der Waals surface area (Å²) in [6.45, 7) is 1.05. The van der Waals surface area contributed by atoms with E-state index in [0.717, 1.165) is 24.4 Å². The molecule has 96 valence electrons. The van der Waals surface area contributed by atoms with Crippen LogP contribution in [-0.4, -0.2) is 6.54 Å². The Labute approximate surface area is 111 Å². The van der Waals surface area contributed by atoms with Crippen molar-refractivity contribution < 1.29 is 9.15 Å². The van der Waals surface area contributed by atoms with E-state index in [-0.39, 0.29) is 0 Å². The van der Waals surface area contributed by atoms with Crippen LogP contribution < -0.4 is 10.5 Å². The van der Waals surface area contributed by atoms with Gasteiger partial charge in [-0.25, -0.2) is 0 Å². The molecule has 0 spiro atoms. The van der Waals surface area contributed by atoms with Crippen molar-refractivity contribution in [3.63, 3.8) is 0 Å². The van der Waals surface area contributed by atoms with Gasteiger partial charge in [0.2, 0.25) is 0 Å². The van der Waals surface area contributed by atoms with Gasteiger partial charge in [-0.05, 0) is 37.2 Å². The number of rotatable bonds is 6. The molecule has 0 radical (unpaired) electrons. The van der Waals surface area contributed by atoms with Crippen LogP contribution in [0.5, 0.6) is 5.75 Å². The molecule has 4 heteroatoms. The molecule has 2 N–H and O–H groups in total. The Morgan fingerprint density at radius 1 is 1.11 bits per heavy atom. The summed E-state index contributed by atoms with van der Waals surface area (Å²) in [5.74, 6) is 2.40. The van der Waals surface area contributed by atoms with Crippen LogP contribution in [-0.2, 0) is 13.0 Å². The number of ether oxygens (including phenoxy) is 1. The van der Waals surface area contributed by atoms with Gasteiger partial charge in [0.15, 0.2) is 0 Å². The fraction of sp³-hybridized carbons (Fsp3) is 0.286. The topological polar surface area (TPSA) is 48.4 Å². The minimum Gasteiger partial charge on any atom is -0.484 e. The number of halogens is 1. The van der Waals surface area contributed by atoms with Crippen LogP contribution in [0.15, 0.2) is 40.8 Å². The van der Waals surface area contributed by atoms with Gasteiger partial charge in [-0.1, -0.05) is 23.7 Å². The summed E-state index contributed by atoms with van der Waals surface area (Å²) < 4.78 is 11.2. The smallest absolute Gasteiger partial charge is 0.146 e. The van der Waals surface area contributed by atoms with E-state index in [1.165, 1.54) is 0 Å². The van der Waals surface area contributed by atoms with Gasteiger partial charge in [-0.3, -0.25) is 0 Å². The second-order valence-corrected chi connectivity index (χ2v) is 4.39. The first kappa shape index (κ1) is 13.0. The normalized spacial score (nSPS) is 10.6. The van der Waals surface area contributed by atoms with E-state index in [4.69, 9.17) is 26.5 Å². The van der Waals surface area contributed by atoms with Gasteiger partial charge in [-0.15, -0.1) is 0 Å². The van der Waals surface area contributed by atoms with Crippen LogP contribution in [0.25, 0.3) is 0 Å². The molecule has 0 saturated heterocycles. The van der Waals surface area contributed by atoms with Crippen LogP contribution in [0, 0.1) is 0 Å². The Kier molecular flexibility index (Phi) is 4.67. The zero-order valence-corrected chi connectivity index (χ0v) is 10.8. The molecule has 2 rings (SSSR count). The highest BCUT2D eigenvalue weighted by molar-refractivity contribution is 6.32. The molecule has 0 aliphatic heterocycles. The number of para-hydroxylation sites is 1. The summed E-state index contributed by atoms with van der Waals surface area (Å²) in [5, 5.41) is 0.604. The lowest BCUT2D eigenvalue weighted by molar-refractivity contribution is 0.266. The van der Waals surface area contributed by atoms with E-state index in [1.807, 2.05) is 30.3 Å². The van der Waals surface area contributed by atoms with Crippen molar-refractivity contribution >= 4 is 11.6 Å². The summed E-state index contributed by atoms with van der Waals surface area (Å²) in [6, 6.07) is 11.3. The maximum atomic E-state index is 5.99. The summed E-state index contributed by atoms with van der Waals surface area (Å²) >= 11 is 5.99. The molecule has 18 heavy (non-hydrogen) atoms. The van der Waals surface area contributed by atoms with E-state index in [2.05, 4.69) is 0 Å². The van der Waals surface area contributed by atoms with Gasteiger partial charge in [0.05, 0.1) is 5.02 Å². The molecule has 0 aliphatic rings. The maximum absolute atomic E-state index is 5.99. The molecule has 0 atom stereocenters. The molecular weight excluding hydrogens is 250 g/mol. The molecule has 2 aromatic rings. The SMILES string of the molecule is NCCCc1ccc(COc2ccccc2Cl)o1. The second-order valence-electron chi connectivity index (χ2n) is 3.98. The largest absolute Gasteiger partial charge is 0.484 e. The second kappa shape index (κ2) is 6.47. The molecule has 1 heterocycles. The molecule has 0 bridgehead atoms. The van der Waals surface area contributed by atoms with Gasteiger partial charge >= 0.3 is 0 Å². The van der Waals surface area contributed by atoms with E-state index in [1.54, 1.807) is 6.07 Å². The van der Waals surface area contributed by atoms with Crippen molar-refractivity contribution in [2.75, 3.05) is 6.54 Å². The first-order valence-corrected chi connectivity index (χ1v) is 6.32. The van der Waals surface area contributed by atoms with E-state index < -0.39 is 0 Å². The third-order valence-corrected chi connectivity index (χ3v) is 2.86. The Bertz CT molecular complexity index is 496. The highest BCUT2D eigenvalue weighted by atomic mass is 35.5. The van der Waals surface area contributed by atoms with Crippen molar-refractivity contribution in [1.82, 2.24) is 0 Å². The Balaban J connectivity index is 1.90. The summed E-state index contributed by atoms with van der Waals surface area (Å²) in [7, 11) is 0. The van der Waals surface area contributed by atoms with Crippen LogP contribution in [0.2, 0.25) is 5.02 Å². The maximum Gasteiger partial charge on any atom is 0.146 e. The standard InChI is InChI=1S/C14H16ClNO2/c15-13-5-1-2-6-14(13)17-10-12-8-7-11(18-12)4-3-9-16/h1-2,5-8H,3-4,9-10,16H2. The lowest BCUT2D eigenvalue weighted by atomic mass is 10.2. The molecule has 0 aliphatic carbocycles. The molecular formula is C14H16ClNO2. The third kappa shape index (κ3) is 3.52. The van der Waals surface area contributed by atoms with Crippen LogP contribution in [0.3, 0.4) is 0 Å². The minimum absolute atomic E-state index is 0.381. The number of benzene rings is 1. The van der Waals surface area contributed by atoms with Crippen LogP contribution >= 0.6 is 11.6 Å².